The maximum absolute atomic E-state index is 12.1. The van der Waals surface area contributed by atoms with Gasteiger partial charge in [0.05, 0.1) is 34.3 Å². The summed E-state index contributed by atoms with van der Waals surface area (Å²) in [6.45, 7) is 2.88. The number of nitrogens with zero attached hydrogens (tertiary/aromatic N) is 4. The lowest BCUT2D eigenvalue weighted by atomic mass is 9.78. The highest BCUT2D eigenvalue weighted by atomic mass is 16.5. The fourth-order valence-electron chi connectivity index (χ4n) is 5.00. The van der Waals surface area contributed by atoms with Crippen molar-refractivity contribution >= 4 is 17.0 Å². The van der Waals surface area contributed by atoms with Crippen molar-refractivity contribution in [2.24, 2.45) is 5.92 Å². The summed E-state index contributed by atoms with van der Waals surface area (Å²) in [5.74, 6) is 0.155. The highest BCUT2D eigenvalue weighted by molar-refractivity contribution is 5.79. The number of fused-ring (bicyclic) bond motifs is 1. The third-order valence-corrected chi connectivity index (χ3v) is 6.95. The standard InChI is InChI=1S/C29H28N4O3.2CH4/c1-19-6-11-22(31-16-19)18-36-23-12-13-26-27(14-23)33(17-21-9-7-20(15-30)8-10-21)28(32-26)24-4-2-3-5-25(24)29(34)35;;/h6-14,16,24-25H,2-5,17-18H2,1H3,(H,34,35);2*1H4/t24?,25-;;/m0../s1. The zero-order chi connectivity index (χ0) is 25.1. The number of hydrogen-bond acceptors (Lipinski definition) is 5. The van der Waals surface area contributed by atoms with Crippen molar-refractivity contribution in [2.75, 3.05) is 0 Å². The van der Waals surface area contributed by atoms with Gasteiger partial charge in [0.1, 0.15) is 18.2 Å². The van der Waals surface area contributed by atoms with Crippen molar-refractivity contribution in [1.29, 1.82) is 5.26 Å². The first-order valence-electron chi connectivity index (χ1n) is 12.3. The molecule has 0 aliphatic heterocycles. The second kappa shape index (κ2) is 12.4. The fourth-order valence-corrected chi connectivity index (χ4v) is 5.00. The van der Waals surface area contributed by atoms with Crippen molar-refractivity contribution in [3.05, 3.63) is 89.0 Å². The molecular weight excluding hydrogens is 476 g/mol. The molecule has 1 saturated carbocycles. The van der Waals surface area contributed by atoms with Gasteiger partial charge in [0.15, 0.2) is 0 Å². The number of rotatable bonds is 7. The molecule has 1 fully saturated rings. The largest absolute Gasteiger partial charge is 0.487 e. The van der Waals surface area contributed by atoms with E-state index in [4.69, 9.17) is 15.0 Å². The van der Waals surface area contributed by atoms with Crippen LogP contribution in [-0.4, -0.2) is 25.6 Å². The van der Waals surface area contributed by atoms with E-state index in [9.17, 15) is 9.90 Å². The van der Waals surface area contributed by atoms with Gasteiger partial charge in [0, 0.05) is 24.7 Å². The number of aliphatic carboxylic acids is 1. The third kappa shape index (κ3) is 6.03. The summed E-state index contributed by atoms with van der Waals surface area (Å²) in [4.78, 5) is 21.5. The average Bonchev–Trinajstić information content (AvgIpc) is 3.26. The Morgan fingerprint density at radius 3 is 2.55 bits per heavy atom. The van der Waals surface area contributed by atoms with Gasteiger partial charge in [-0.05, 0) is 61.2 Å². The number of pyridine rings is 1. The molecule has 0 radical (unpaired) electrons. The number of carbonyl (C=O) groups is 1. The van der Waals surface area contributed by atoms with Crippen LogP contribution in [0.15, 0.2) is 60.8 Å². The molecule has 2 aromatic carbocycles. The van der Waals surface area contributed by atoms with Gasteiger partial charge < -0.3 is 14.4 Å². The molecule has 5 rings (SSSR count). The molecular formula is C31H36N4O3. The molecule has 0 amide bonds. The molecule has 198 valence electrons. The molecule has 4 aromatic rings. The van der Waals surface area contributed by atoms with E-state index in [2.05, 4.69) is 15.6 Å². The third-order valence-electron chi connectivity index (χ3n) is 6.95. The number of carboxylic acids is 1. The predicted octanol–water partition coefficient (Wildman–Crippen LogP) is 6.87. The van der Waals surface area contributed by atoms with Crippen LogP contribution < -0.4 is 4.74 Å². The van der Waals surface area contributed by atoms with Crippen LogP contribution in [0.4, 0.5) is 0 Å². The molecule has 2 atom stereocenters. The van der Waals surface area contributed by atoms with Crippen molar-refractivity contribution in [2.45, 2.75) is 66.5 Å². The maximum atomic E-state index is 12.1. The van der Waals surface area contributed by atoms with E-state index >= 15 is 0 Å². The molecule has 0 saturated heterocycles. The van der Waals surface area contributed by atoms with Crippen LogP contribution in [0.2, 0.25) is 0 Å². The van der Waals surface area contributed by atoms with Crippen LogP contribution in [0.1, 0.15) is 74.7 Å². The maximum Gasteiger partial charge on any atom is 0.307 e. The molecule has 1 aliphatic carbocycles. The minimum Gasteiger partial charge on any atom is -0.487 e. The van der Waals surface area contributed by atoms with Crippen molar-refractivity contribution in [3.63, 3.8) is 0 Å². The molecule has 1 aliphatic rings. The lowest BCUT2D eigenvalue weighted by molar-refractivity contribution is -0.143. The Hall–Kier alpha value is -4.18. The van der Waals surface area contributed by atoms with Crippen molar-refractivity contribution in [3.8, 4) is 11.8 Å². The van der Waals surface area contributed by atoms with Gasteiger partial charge in [-0.15, -0.1) is 0 Å². The molecule has 1 N–H and O–H groups in total. The van der Waals surface area contributed by atoms with Crippen LogP contribution in [-0.2, 0) is 17.9 Å². The van der Waals surface area contributed by atoms with Crippen molar-refractivity contribution < 1.29 is 14.6 Å². The van der Waals surface area contributed by atoms with E-state index in [0.717, 1.165) is 52.9 Å². The number of hydrogen-bond donors (Lipinski definition) is 1. The van der Waals surface area contributed by atoms with E-state index in [1.165, 1.54) is 0 Å². The first kappa shape index (κ1) is 28.4. The zero-order valence-corrected chi connectivity index (χ0v) is 20.2. The van der Waals surface area contributed by atoms with E-state index in [1.807, 2.05) is 55.6 Å². The minimum absolute atomic E-state index is 0. The lowest BCUT2D eigenvalue weighted by Gasteiger charge is -2.28. The van der Waals surface area contributed by atoms with Gasteiger partial charge in [-0.2, -0.15) is 5.26 Å². The minimum atomic E-state index is -0.758. The average molecular weight is 513 g/mol. The first-order valence-corrected chi connectivity index (χ1v) is 12.3. The molecule has 38 heavy (non-hydrogen) atoms. The van der Waals surface area contributed by atoms with E-state index < -0.39 is 11.9 Å². The highest BCUT2D eigenvalue weighted by Crippen LogP contribution is 2.39. The Balaban J connectivity index is 0.00000200. The molecule has 7 nitrogen and oxygen atoms in total. The summed E-state index contributed by atoms with van der Waals surface area (Å²) >= 11 is 0. The zero-order valence-electron chi connectivity index (χ0n) is 20.2. The van der Waals surface area contributed by atoms with Gasteiger partial charge in [-0.1, -0.05) is 45.9 Å². The number of aromatic nitrogens is 3. The number of benzene rings is 2. The second-order valence-electron chi connectivity index (χ2n) is 9.47. The van der Waals surface area contributed by atoms with E-state index in [0.29, 0.717) is 30.9 Å². The summed E-state index contributed by atoms with van der Waals surface area (Å²) in [5.41, 5.74) is 5.29. The Bertz CT molecular complexity index is 1420. The molecule has 0 spiro atoms. The normalized spacial score (nSPS) is 16.6. The molecule has 1 unspecified atom stereocenters. The van der Waals surface area contributed by atoms with Crippen LogP contribution >= 0.6 is 0 Å². The molecule has 2 aromatic heterocycles. The summed E-state index contributed by atoms with van der Waals surface area (Å²) < 4.78 is 8.18. The summed E-state index contributed by atoms with van der Waals surface area (Å²) in [5, 5.41) is 19.1. The number of imidazole rings is 1. The highest BCUT2D eigenvalue weighted by Gasteiger charge is 2.35. The Morgan fingerprint density at radius 2 is 1.87 bits per heavy atom. The van der Waals surface area contributed by atoms with Gasteiger partial charge in [0.2, 0.25) is 0 Å². The van der Waals surface area contributed by atoms with Crippen molar-refractivity contribution in [1.82, 2.24) is 14.5 Å². The van der Waals surface area contributed by atoms with E-state index in [1.54, 1.807) is 12.1 Å². The smallest absolute Gasteiger partial charge is 0.307 e. The second-order valence-corrected chi connectivity index (χ2v) is 9.47. The number of nitriles is 1. The Kier molecular flexibility index (Phi) is 9.25. The predicted molar refractivity (Wildman–Crippen MR) is 149 cm³/mol. The molecule has 0 bridgehead atoms. The van der Waals surface area contributed by atoms with Crippen LogP contribution in [0.3, 0.4) is 0 Å². The first-order chi connectivity index (χ1) is 17.5. The van der Waals surface area contributed by atoms with Crippen LogP contribution in [0.25, 0.3) is 11.0 Å². The molecule has 7 heteroatoms. The molecule has 2 heterocycles. The SMILES string of the molecule is C.C.Cc1ccc(COc2ccc3nc(C4CCCC[C@@H]4C(=O)O)n(Cc4ccc(C#N)cc4)c3c2)nc1. The summed E-state index contributed by atoms with van der Waals surface area (Å²) in [6, 6.07) is 19.4. The summed E-state index contributed by atoms with van der Waals surface area (Å²) in [6.07, 6.45) is 5.21. The van der Waals surface area contributed by atoms with E-state index in [-0.39, 0.29) is 20.8 Å². The topological polar surface area (TPSA) is 101 Å². The summed E-state index contributed by atoms with van der Waals surface area (Å²) in [7, 11) is 0. The van der Waals surface area contributed by atoms with Crippen LogP contribution in [0, 0.1) is 24.2 Å². The Morgan fingerprint density at radius 1 is 1.11 bits per heavy atom. The monoisotopic (exact) mass is 512 g/mol. The number of ether oxygens (including phenoxy) is 1. The van der Waals surface area contributed by atoms with Crippen LogP contribution in [0.5, 0.6) is 5.75 Å². The number of aryl methyl sites for hydroxylation is 1. The van der Waals surface area contributed by atoms with Gasteiger partial charge >= 0.3 is 5.97 Å². The quantitative estimate of drug-likeness (QED) is 0.290. The van der Waals surface area contributed by atoms with Gasteiger partial charge in [-0.25, -0.2) is 4.98 Å². The van der Waals surface area contributed by atoms with Gasteiger partial charge in [0.25, 0.3) is 0 Å². The fraction of sp³-hybridized carbons (Fsp3) is 0.355. The lowest BCUT2D eigenvalue weighted by Crippen LogP contribution is -2.27. The Labute approximate surface area is 224 Å². The number of carboxylic acid groups (broad SMARTS) is 1. The van der Waals surface area contributed by atoms with Gasteiger partial charge in [-0.3, -0.25) is 9.78 Å².